The van der Waals surface area contributed by atoms with E-state index in [1.807, 2.05) is 68.5 Å². The highest BCUT2D eigenvalue weighted by Crippen LogP contribution is 2.21. The Bertz CT molecular complexity index is 969. The van der Waals surface area contributed by atoms with Crippen molar-refractivity contribution in [2.45, 2.75) is 46.1 Å². The molecule has 0 spiro atoms. The van der Waals surface area contributed by atoms with E-state index in [2.05, 4.69) is 32.3 Å². The van der Waals surface area contributed by atoms with E-state index in [0.717, 1.165) is 49.4 Å². The third-order valence-corrected chi connectivity index (χ3v) is 5.06. The number of nitrogens with zero attached hydrogens (tertiary/aromatic N) is 4. The van der Waals surface area contributed by atoms with Crippen LogP contribution in [0.1, 0.15) is 50.2 Å². The Labute approximate surface area is 184 Å². The van der Waals surface area contributed by atoms with Gasteiger partial charge in [0.25, 0.3) is 0 Å². The number of hydrogen-bond donors (Lipinski definition) is 3. The molecule has 7 nitrogen and oxygen atoms in total. The van der Waals surface area contributed by atoms with E-state index in [4.69, 9.17) is 4.98 Å². The molecule has 3 N–H and O–H groups in total. The lowest BCUT2D eigenvalue weighted by atomic mass is 10.1. The minimum absolute atomic E-state index is 0.242. The maximum Gasteiger partial charge on any atom is 0.156 e. The summed E-state index contributed by atoms with van der Waals surface area (Å²) in [7, 11) is 0. The Kier molecular flexibility index (Phi) is 8.18. The van der Waals surface area contributed by atoms with Gasteiger partial charge in [0.15, 0.2) is 11.6 Å². The van der Waals surface area contributed by atoms with Crippen LogP contribution >= 0.6 is 0 Å². The van der Waals surface area contributed by atoms with E-state index < -0.39 is 0 Å². The molecule has 7 heteroatoms. The molecule has 0 bridgehead atoms. The quantitative estimate of drug-likeness (QED) is 0.413. The second-order valence-corrected chi connectivity index (χ2v) is 7.56. The summed E-state index contributed by atoms with van der Waals surface area (Å²) in [4.78, 5) is 11.7. The molecule has 1 atom stereocenters. The Balaban J connectivity index is 1.84. The van der Waals surface area contributed by atoms with Gasteiger partial charge in [-0.1, -0.05) is 43.3 Å². The van der Waals surface area contributed by atoms with E-state index in [1.54, 1.807) is 0 Å². The summed E-state index contributed by atoms with van der Waals surface area (Å²) in [6, 6.07) is 14.0. The van der Waals surface area contributed by atoms with Gasteiger partial charge >= 0.3 is 0 Å². The highest BCUT2D eigenvalue weighted by atomic mass is 16.3. The zero-order valence-electron chi connectivity index (χ0n) is 18.5. The van der Waals surface area contributed by atoms with Crippen LogP contribution in [-0.4, -0.2) is 44.5 Å². The number of aromatic amines is 1. The number of aryl methyl sites for hydroxylation is 1. The Morgan fingerprint density at radius 2 is 1.90 bits per heavy atom. The van der Waals surface area contributed by atoms with Crippen LogP contribution in [0.25, 0.3) is 12.2 Å². The third kappa shape index (κ3) is 6.93. The summed E-state index contributed by atoms with van der Waals surface area (Å²) in [5.74, 6) is 2.89. The van der Waals surface area contributed by atoms with E-state index in [1.165, 1.54) is 0 Å². The summed E-state index contributed by atoms with van der Waals surface area (Å²) in [6.07, 6.45) is 6.17. The number of rotatable bonds is 11. The zero-order valence-corrected chi connectivity index (χ0v) is 18.5. The molecule has 31 heavy (non-hydrogen) atoms. The van der Waals surface area contributed by atoms with Crippen molar-refractivity contribution in [3.05, 3.63) is 59.5 Å². The van der Waals surface area contributed by atoms with Crippen molar-refractivity contribution in [3.8, 4) is 0 Å². The van der Waals surface area contributed by atoms with Gasteiger partial charge in [-0.15, -0.1) is 0 Å². The molecule has 0 saturated carbocycles. The average Bonchev–Trinajstić information content (AvgIpc) is 3.20. The molecule has 0 aliphatic rings. The number of anilines is 3. The van der Waals surface area contributed by atoms with Crippen LogP contribution in [0, 0.1) is 6.92 Å². The van der Waals surface area contributed by atoms with Gasteiger partial charge < -0.3 is 15.3 Å². The second-order valence-electron chi connectivity index (χ2n) is 7.56. The largest absolute Gasteiger partial charge is 0.393 e. The molecule has 164 valence electrons. The summed E-state index contributed by atoms with van der Waals surface area (Å²) in [6.45, 7) is 7.73. The lowest BCUT2D eigenvalue weighted by Crippen LogP contribution is -2.26. The maximum atomic E-state index is 9.87. The SMILES string of the molecule is CCC(O)CCCN(CC)c1cc(Nc2cc(C)[nH]n2)nc(/C=C/c2ccccc2)n1. The Hall–Kier alpha value is -3.19. The number of aromatic nitrogens is 4. The lowest BCUT2D eigenvalue weighted by Gasteiger charge is -2.23. The van der Waals surface area contributed by atoms with Crippen LogP contribution in [0.2, 0.25) is 0 Å². The number of aliphatic hydroxyl groups is 1. The minimum atomic E-state index is -0.242. The van der Waals surface area contributed by atoms with Crippen LogP contribution < -0.4 is 10.2 Å². The van der Waals surface area contributed by atoms with Crippen LogP contribution in [0.4, 0.5) is 17.5 Å². The number of aliphatic hydroxyl groups excluding tert-OH is 1. The summed E-state index contributed by atoms with van der Waals surface area (Å²) in [5.41, 5.74) is 2.07. The minimum Gasteiger partial charge on any atom is -0.393 e. The molecule has 0 saturated heterocycles. The Morgan fingerprint density at radius 1 is 1.10 bits per heavy atom. The van der Waals surface area contributed by atoms with Crippen molar-refractivity contribution in [1.82, 2.24) is 20.2 Å². The van der Waals surface area contributed by atoms with Gasteiger partial charge in [-0.25, -0.2) is 9.97 Å². The van der Waals surface area contributed by atoms with Crippen molar-refractivity contribution in [2.24, 2.45) is 0 Å². The first-order chi connectivity index (χ1) is 15.1. The molecule has 0 aliphatic heterocycles. The van der Waals surface area contributed by atoms with Gasteiger partial charge in [-0.2, -0.15) is 5.10 Å². The Morgan fingerprint density at radius 3 is 2.58 bits per heavy atom. The lowest BCUT2D eigenvalue weighted by molar-refractivity contribution is 0.158. The van der Waals surface area contributed by atoms with E-state index in [-0.39, 0.29) is 6.10 Å². The van der Waals surface area contributed by atoms with E-state index >= 15 is 0 Å². The molecular weight excluding hydrogens is 388 g/mol. The average molecular weight is 421 g/mol. The van der Waals surface area contributed by atoms with Gasteiger partial charge in [0.2, 0.25) is 0 Å². The molecule has 0 amide bonds. The van der Waals surface area contributed by atoms with E-state index in [9.17, 15) is 5.11 Å². The molecular formula is C24H32N6O. The summed E-state index contributed by atoms with van der Waals surface area (Å²) < 4.78 is 0. The fourth-order valence-corrected chi connectivity index (χ4v) is 3.26. The topological polar surface area (TPSA) is 90.0 Å². The maximum absolute atomic E-state index is 9.87. The molecule has 0 aliphatic carbocycles. The van der Waals surface area contributed by atoms with Crippen molar-refractivity contribution in [3.63, 3.8) is 0 Å². The molecule has 3 rings (SSSR count). The summed E-state index contributed by atoms with van der Waals surface area (Å²) >= 11 is 0. The van der Waals surface area contributed by atoms with Gasteiger partial charge in [0, 0.05) is 30.9 Å². The van der Waals surface area contributed by atoms with Crippen molar-refractivity contribution >= 4 is 29.6 Å². The van der Waals surface area contributed by atoms with Gasteiger partial charge in [-0.05, 0) is 44.7 Å². The highest BCUT2D eigenvalue weighted by Gasteiger charge is 2.12. The van der Waals surface area contributed by atoms with Crippen LogP contribution in [0.5, 0.6) is 0 Å². The highest BCUT2D eigenvalue weighted by molar-refractivity contribution is 5.68. The molecule has 2 heterocycles. The van der Waals surface area contributed by atoms with Crippen LogP contribution in [-0.2, 0) is 0 Å². The standard InChI is InChI=1S/C24H32N6O/c1-4-20(31)12-9-15-30(5-2)24-17-22(26-23-16-18(3)28-29-23)25-21(27-24)14-13-19-10-7-6-8-11-19/h6-8,10-11,13-14,16-17,20,31H,4-5,9,12,15H2,1-3H3,(H2,25,26,27,28,29)/b14-13+. The smallest absolute Gasteiger partial charge is 0.156 e. The first-order valence-electron chi connectivity index (χ1n) is 10.9. The summed E-state index contributed by atoms with van der Waals surface area (Å²) in [5, 5.41) is 20.3. The first-order valence-corrected chi connectivity index (χ1v) is 10.9. The number of nitrogens with one attached hydrogen (secondary N) is 2. The molecule has 3 aromatic rings. The van der Waals surface area contributed by atoms with Crippen molar-refractivity contribution in [1.29, 1.82) is 0 Å². The van der Waals surface area contributed by atoms with Crippen molar-refractivity contribution in [2.75, 3.05) is 23.3 Å². The van der Waals surface area contributed by atoms with E-state index in [0.29, 0.717) is 17.5 Å². The number of hydrogen-bond acceptors (Lipinski definition) is 6. The molecule has 1 unspecified atom stereocenters. The molecule has 2 aromatic heterocycles. The number of H-pyrrole nitrogens is 1. The predicted octanol–water partition coefficient (Wildman–Crippen LogP) is 4.80. The third-order valence-electron chi connectivity index (χ3n) is 5.06. The molecule has 0 radical (unpaired) electrons. The molecule has 1 aromatic carbocycles. The second kappa shape index (κ2) is 11.3. The number of benzene rings is 1. The molecule has 0 fully saturated rings. The van der Waals surface area contributed by atoms with Gasteiger partial charge in [0.05, 0.1) is 6.10 Å². The monoisotopic (exact) mass is 420 g/mol. The fourth-order valence-electron chi connectivity index (χ4n) is 3.26. The normalized spacial score (nSPS) is 12.3. The fraction of sp³-hybridized carbons (Fsp3) is 0.375. The van der Waals surface area contributed by atoms with Crippen LogP contribution in [0.15, 0.2) is 42.5 Å². The predicted molar refractivity (Wildman–Crippen MR) is 127 cm³/mol. The van der Waals surface area contributed by atoms with Crippen LogP contribution in [0.3, 0.4) is 0 Å². The van der Waals surface area contributed by atoms with Crippen molar-refractivity contribution < 1.29 is 5.11 Å². The zero-order chi connectivity index (χ0) is 22.1. The first kappa shape index (κ1) is 22.5. The van der Waals surface area contributed by atoms with Gasteiger partial charge in [-0.3, -0.25) is 5.10 Å². The van der Waals surface area contributed by atoms with Gasteiger partial charge in [0.1, 0.15) is 11.6 Å².